The van der Waals surface area contributed by atoms with Gasteiger partial charge in [-0.05, 0) is 43.2 Å². The molecule has 2 aliphatic rings. The molecule has 1 amide bonds. The molecule has 1 saturated carbocycles. The topological polar surface area (TPSA) is 85.3 Å². The number of nitrogens with zero attached hydrogens (tertiary/aromatic N) is 1. The van der Waals surface area contributed by atoms with Crippen LogP contribution >= 0.6 is 0 Å². The van der Waals surface area contributed by atoms with Gasteiger partial charge in [-0.1, -0.05) is 18.9 Å². The van der Waals surface area contributed by atoms with Gasteiger partial charge in [0.05, 0.1) is 21.3 Å². The number of carbonyl (C=O) groups excluding carboxylic acids is 1. The van der Waals surface area contributed by atoms with Crippen LogP contribution in [0.1, 0.15) is 44.1 Å². The molecule has 0 aromatic heterocycles. The Labute approximate surface area is 165 Å². The number of hydrogen-bond donors (Lipinski definition) is 1. The number of hydrogen-bond acceptors (Lipinski definition) is 5. The van der Waals surface area contributed by atoms with Crippen molar-refractivity contribution in [3.8, 4) is 17.2 Å². The van der Waals surface area contributed by atoms with E-state index in [0.717, 1.165) is 31.2 Å². The number of carbonyl (C=O) groups is 2. The summed E-state index contributed by atoms with van der Waals surface area (Å²) >= 11 is 0. The Morgan fingerprint density at radius 1 is 1.07 bits per heavy atom. The quantitative estimate of drug-likeness (QED) is 0.769. The van der Waals surface area contributed by atoms with Crippen molar-refractivity contribution in [1.29, 1.82) is 0 Å². The van der Waals surface area contributed by atoms with Crippen LogP contribution in [0.5, 0.6) is 17.2 Å². The molecule has 1 N–H and O–H groups in total. The van der Waals surface area contributed by atoms with E-state index in [4.69, 9.17) is 14.2 Å². The molecule has 1 aliphatic heterocycles. The molecular formula is C21H29NO6. The highest BCUT2D eigenvalue weighted by Gasteiger charge is 2.47. The average molecular weight is 391 g/mol. The summed E-state index contributed by atoms with van der Waals surface area (Å²) in [6, 6.07) is 3.01. The van der Waals surface area contributed by atoms with E-state index in [2.05, 4.69) is 0 Å². The minimum atomic E-state index is -0.897. The Morgan fingerprint density at radius 3 is 2.43 bits per heavy atom. The number of benzene rings is 1. The lowest BCUT2D eigenvalue weighted by molar-refractivity contribution is -0.149. The summed E-state index contributed by atoms with van der Waals surface area (Å²) in [4.78, 5) is 26.4. The number of rotatable bonds is 7. The Bertz CT molecular complexity index is 734. The van der Waals surface area contributed by atoms with Crippen LogP contribution in [0.3, 0.4) is 0 Å². The van der Waals surface area contributed by atoms with Gasteiger partial charge >= 0.3 is 5.97 Å². The Morgan fingerprint density at radius 2 is 1.79 bits per heavy atom. The molecule has 28 heavy (non-hydrogen) atoms. The number of fused-ring (bicyclic) bond motifs is 1. The number of carboxylic acid groups (broad SMARTS) is 1. The van der Waals surface area contributed by atoms with Crippen LogP contribution in [0.2, 0.25) is 0 Å². The summed E-state index contributed by atoms with van der Waals surface area (Å²) in [6.07, 6.45) is 5.35. The lowest BCUT2D eigenvalue weighted by atomic mass is 9.84. The minimum absolute atomic E-state index is 0.0645. The smallest absolute Gasteiger partial charge is 0.326 e. The molecule has 1 aromatic rings. The highest BCUT2D eigenvalue weighted by atomic mass is 16.5. The molecule has 1 aromatic carbocycles. The molecule has 7 heteroatoms. The molecule has 3 atom stereocenters. The van der Waals surface area contributed by atoms with E-state index in [-0.39, 0.29) is 18.4 Å². The Balaban J connectivity index is 1.77. The first kappa shape index (κ1) is 20.3. The highest BCUT2D eigenvalue weighted by Crippen LogP contribution is 2.42. The standard InChI is InChI=1S/C21H29NO6/c1-26-17-10-8-13(19(27-2)20(17)28-3)9-11-18(23)22-15-7-5-4-6-14(15)12-16(22)21(24)25/h8,10,14-16H,4-7,9,11-12H2,1-3H3,(H,24,25)/t14-,15-,16-/m0/s1. The lowest BCUT2D eigenvalue weighted by Crippen LogP contribution is -2.46. The number of carboxylic acids is 1. The van der Waals surface area contributed by atoms with Gasteiger partial charge in [0.1, 0.15) is 6.04 Å². The maximum atomic E-state index is 13.0. The van der Waals surface area contributed by atoms with Crippen molar-refractivity contribution in [2.75, 3.05) is 21.3 Å². The Kier molecular flexibility index (Phi) is 6.31. The second-order valence-corrected chi connectivity index (χ2v) is 7.50. The molecule has 154 valence electrons. The number of aryl methyl sites for hydroxylation is 1. The van der Waals surface area contributed by atoms with E-state index >= 15 is 0 Å². The molecule has 1 aliphatic carbocycles. The molecule has 0 radical (unpaired) electrons. The van der Waals surface area contributed by atoms with E-state index in [0.29, 0.717) is 36.0 Å². The zero-order valence-corrected chi connectivity index (χ0v) is 16.8. The maximum Gasteiger partial charge on any atom is 0.326 e. The third kappa shape index (κ3) is 3.75. The normalized spacial score (nSPS) is 23.8. The average Bonchev–Trinajstić information content (AvgIpc) is 3.11. The van der Waals surface area contributed by atoms with Gasteiger partial charge in [0.15, 0.2) is 11.5 Å². The summed E-state index contributed by atoms with van der Waals surface area (Å²) in [5, 5.41) is 9.63. The van der Waals surface area contributed by atoms with Crippen molar-refractivity contribution in [3.63, 3.8) is 0 Å². The monoisotopic (exact) mass is 391 g/mol. The number of methoxy groups -OCH3 is 3. The van der Waals surface area contributed by atoms with Crippen molar-refractivity contribution < 1.29 is 28.9 Å². The Hall–Kier alpha value is -2.44. The minimum Gasteiger partial charge on any atom is -0.493 e. The summed E-state index contributed by atoms with van der Waals surface area (Å²) < 4.78 is 16.2. The van der Waals surface area contributed by atoms with Crippen molar-refractivity contribution in [2.24, 2.45) is 5.92 Å². The first-order valence-corrected chi connectivity index (χ1v) is 9.83. The SMILES string of the molecule is COc1ccc(CCC(=O)N2[C@H](C(=O)O)C[C@@H]3CCCC[C@@H]32)c(OC)c1OC. The van der Waals surface area contributed by atoms with Crippen LogP contribution in [-0.2, 0) is 16.0 Å². The van der Waals surface area contributed by atoms with Crippen LogP contribution in [0.15, 0.2) is 12.1 Å². The van der Waals surface area contributed by atoms with Crippen molar-refractivity contribution in [3.05, 3.63) is 17.7 Å². The van der Waals surface area contributed by atoms with Gasteiger partial charge in [-0.2, -0.15) is 0 Å². The largest absolute Gasteiger partial charge is 0.493 e. The fourth-order valence-corrected chi connectivity index (χ4v) is 4.77. The maximum absolute atomic E-state index is 13.0. The van der Waals surface area contributed by atoms with Crippen molar-refractivity contribution in [2.45, 2.75) is 57.0 Å². The van der Waals surface area contributed by atoms with Gasteiger partial charge < -0.3 is 24.2 Å². The van der Waals surface area contributed by atoms with Crippen molar-refractivity contribution >= 4 is 11.9 Å². The van der Waals surface area contributed by atoms with E-state index in [1.54, 1.807) is 32.3 Å². The van der Waals surface area contributed by atoms with Crippen molar-refractivity contribution in [1.82, 2.24) is 4.90 Å². The first-order chi connectivity index (χ1) is 13.5. The third-order valence-corrected chi connectivity index (χ3v) is 6.06. The molecule has 0 spiro atoms. The van der Waals surface area contributed by atoms with Crippen LogP contribution < -0.4 is 14.2 Å². The molecule has 7 nitrogen and oxygen atoms in total. The lowest BCUT2D eigenvalue weighted by Gasteiger charge is -2.33. The third-order valence-electron chi connectivity index (χ3n) is 6.06. The predicted molar refractivity (Wildman–Crippen MR) is 103 cm³/mol. The molecule has 1 heterocycles. The van der Waals surface area contributed by atoms with Gasteiger partial charge in [0.25, 0.3) is 0 Å². The van der Waals surface area contributed by atoms with Gasteiger partial charge in [0, 0.05) is 12.5 Å². The summed E-state index contributed by atoms with van der Waals surface area (Å²) in [7, 11) is 4.65. The van der Waals surface area contributed by atoms with Gasteiger partial charge in [-0.15, -0.1) is 0 Å². The number of aliphatic carboxylic acids is 1. The van der Waals surface area contributed by atoms with E-state index < -0.39 is 12.0 Å². The number of likely N-dealkylation sites (tertiary alicyclic amines) is 1. The van der Waals surface area contributed by atoms with Crippen LogP contribution in [0.25, 0.3) is 0 Å². The second-order valence-electron chi connectivity index (χ2n) is 7.50. The zero-order chi connectivity index (χ0) is 20.3. The first-order valence-electron chi connectivity index (χ1n) is 9.83. The van der Waals surface area contributed by atoms with E-state index in [1.807, 2.05) is 6.07 Å². The summed E-state index contributed by atoms with van der Waals surface area (Å²) in [6.45, 7) is 0. The molecule has 0 bridgehead atoms. The molecule has 1 saturated heterocycles. The van der Waals surface area contributed by atoms with Gasteiger partial charge in [0.2, 0.25) is 11.7 Å². The number of ether oxygens (including phenoxy) is 3. The predicted octanol–water partition coefficient (Wildman–Crippen LogP) is 2.89. The van der Waals surface area contributed by atoms with Crippen LogP contribution in [0.4, 0.5) is 0 Å². The van der Waals surface area contributed by atoms with E-state index in [9.17, 15) is 14.7 Å². The molecule has 3 rings (SSSR count). The summed E-state index contributed by atoms with van der Waals surface area (Å²) in [5.74, 6) is 0.915. The van der Waals surface area contributed by atoms with Gasteiger partial charge in [-0.3, -0.25) is 4.79 Å². The molecule has 0 unspecified atom stereocenters. The second kappa shape index (κ2) is 8.71. The fourth-order valence-electron chi connectivity index (χ4n) is 4.77. The summed E-state index contributed by atoms with van der Waals surface area (Å²) in [5.41, 5.74) is 0.833. The fraction of sp³-hybridized carbons (Fsp3) is 0.619. The van der Waals surface area contributed by atoms with Crippen LogP contribution in [0, 0.1) is 5.92 Å². The molecule has 2 fully saturated rings. The highest BCUT2D eigenvalue weighted by molar-refractivity contribution is 5.85. The number of amides is 1. The van der Waals surface area contributed by atoms with Crippen LogP contribution in [-0.4, -0.2) is 55.3 Å². The molecular weight excluding hydrogens is 362 g/mol. The zero-order valence-electron chi connectivity index (χ0n) is 16.8. The van der Waals surface area contributed by atoms with Gasteiger partial charge in [-0.25, -0.2) is 4.79 Å². The van der Waals surface area contributed by atoms with E-state index in [1.165, 1.54) is 0 Å².